The van der Waals surface area contributed by atoms with Crippen LogP contribution in [0.4, 0.5) is 0 Å². The maximum atomic E-state index is 12.3. The van der Waals surface area contributed by atoms with Crippen LogP contribution < -0.4 is 4.72 Å². The lowest BCUT2D eigenvalue weighted by Gasteiger charge is -2.12. The molecule has 1 fully saturated rings. The van der Waals surface area contributed by atoms with E-state index < -0.39 is 16.6 Å². The Morgan fingerprint density at radius 3 is 2.47 bits per heavy atom. The molecular weight excluding hydrogens is 309 g/mol. The second kappa shape index (κ2) is 4.90. The highest BCUT2D eigenvalue weighted by Gasteiger charge is 2.48. The van der Waals surface area contributed by atoms with Crippen molar-refractivity contribution in [2.45, 2.75) is 37.8 Å². The van der Waals surface area contributed by atoms with E-state index in [9.17, 15) is 13.5 Å². The molecule has 2 N–H and O–H groups in total. The summed E-state index contributed by atoms with van der Waals surface area (Å²) in [7, 11) is -3.70. The number of hydrogen-bond donors (Lipinski definition) is 2. The minimum atomic E-state index is -3.70. The normalized spacial score (nSPS) is 21.4. The number of sulfonamides is 1. The zero-order chi connectivity index (χ0) is 14.4. The van der Waals surface area contributed by atoms with Crippen LogP contribution in [0.1, 0.15) is 25.8 Å². The fourth-order valence-corrected chi connectivity index (χ4v) is 4.15. The molecule has 0 aliphatic heterocycles. The lowest BCUT2D eigenvalue weighted by molar-refractivity contribution is 0.281. The molecule has 7 heteroatoms. The molecule has 0 spiro atoms. The molecule has 1 aliphatic carbocycles. The van der Waals surface area contributed by atoms with Crippen molar-refractivity contribution in [1.82, 2.24) is 4.72 Å². The number of hydrogen-bond acceptors (Lipinski definition) is 3. The van der Waals surface area contributed by atoms with E-state index in [0.29, 0.717) is 0 Å². The topological polar surface area (TPSA) is 66.4 Å². The molecular formula is C12H15Cl2NO3S. The maximum absolute atomic E-state index is 12.3. The van der Waals surface area contributed by atoms with Crippen molar-refractivity contribution in [1.29, 1.82) is 0 Å². The van der Waals surface area contributed by atoms with Gasteiger partial charge in [-0.1, -0.05) is 37.0 Å². The first-order valence-corrected chi connectivity index (χ1v) is 8.03. The van der Waals surface area contributed by atoms with Crippen LogP contribution in [0.15, 0.2) is 17.0 Å². The molecule has 1 unspecified atom stereocenters. The molecule has 106 valence electrons. The quantitative estimate of drug-likeness (QED) is 0.894. The predicted molar refractivity (Wildman–Crippen MR) is 74.9 cm³/mol. The minimum Gasteiger partial charge on any atom is -0.392 e. The first-order chi connectivity index (χ1) is 8.69. The van der Waals surface area contributed by atoms with E-state index in [1.165, 1.54) is 12.1 Å². The van der Waals surface area contributed by atoms with E-state index in [2.05, 4.69) is 4.72 Å². The van der Waals surface area contributed by atoms with Crippen molar-refractivity contribution in [3.05, 3.63) is 27.7 Å². The van der Waals surface area contributed by atoms with Crippen LogP contribution in [0.2, 0.25) is 10.0 Å². The Balaban J connectivity index is 2.36. The standard InChI is InChI=1S/C12H15Cl2NO3S/c1-12(2)5-10(12)15-19(17,18)9-4-3-8(13)7(6-16)11(9)14/h3-4,10,15-16H,5-6H2,1-2H3. The van der Waals surface area contributed by atoms with Gasteiger partial charge in [0.1, 0.15) is 4.90 Å². The van der Waals surface area contributed by atoms with E-state index in [0.717, 1.165) is 6.42 Å². The summed E-state index contributed by atoms with van der Waals surface area (Å²) in [6.07, 6.45) is 0.796. The predicted octanol–water partition coefficient (Wildman–Crippen LogP) is 2.56. The molecule has 0 amide bonds. The number of nitrogens with one attached hydrogen (secondary N) is 1. The van der Waals surface area contributed by atoms with Gasteiger partial charge in [-0.05, 0) is 24.0 Å². The zero-order valence-corrected chi connectivity index (χ0v) is 12.9. The molecule has 4 nitrogen and oxygen atoms in total. The summed E-state index contributed by atoms with van der Waals surface area (Å²) in [6.45, 7) is 3.57. The maximum Gasteiger partial charge on any atom is 0.242 e. The number of benzene rings is 1. The summed E-state index contributed by atoms with van der Waals surface area (Å²) >= 11 is 11.9. The van der Waals surface area contributed by atoms with Crippen molar-refractivity contribution in [3.8, 4) is 0 Å². The van der Waals surface area contributed by atoms with Crippen LogP contribution in [-0.2, 0) is 16.6 Å². The molecule has 2 rings (SSSR count). The summed E-state index contributed by atoms with van der Waals surface area (Å²) in [6, 6.07) is 2.69. The van der Waals surface area contributed by atoms with Crippen LogP contribution in [0.25, 0.3) is 0 Å². The highest BCUT2D eigenvalue weighted by Crippen LogP contribution is 2.45. The molecule has 1 aromatic rings. The molecule has 1 saturated carbocycles. The summed E-state index contributed by atoms with van der Waals surface area (Å²) in [5.74, 6) is 0. The van der Waals surface area contributed by atoms with Crippen molar-refractivity contribution in [2.24, 2.45) is 5.41 Å². The summed E-state index contributed by atoms with van der Waals surface area (Å²) in [5.41, 5.74) is 0.201. The Labute approximate surface area is 122 Å². The molecule has 0 saturated heterocycles. The van der Waals surface area contributed by atoms with Crippen LogP contribution in [0.3, 0.4) is 0 Å². The average Bonchev–Trinajstić information content (AvgIpc) is 2.84. The van der Waals surface area contributed by atoms with Gasteiger partial charge in [-0.15, -0.1) is 0 Å². The lowest BCUT2D eigenvalue weighted by Crippen LogP contribution is -2.29. The van der Waals surface area contributed by atoms with Crippen molar-refractivity contribution in [2.75, 3.05) is 0 Å². The van der Waals surface area contributed by atoms with Crippen LogP contribution in [0, 0.1) is 5.41 Å². The van der Waals surface area contributed by atoms with Gasteiger partial charge in [0.25, 0.3) is 0 Å². The summed E-state index contributed by atoms with van der Waals surface area (Å²) in [5, 5.41) is 9.40. The van der Waals surface area contributed by atoms with E-state index in [1.54, 1.807) is 0 Å². The molecule has 0 heterocycles. The summed E-state index contributed by atoms with van der Waals surface area (Å²) < 4.78 is 27.1. The molecule has 0 radical (unpaired) electrons. The molecule has 19 heavy (non-hydrogen) atoms. The number of halogens is 2. The van der Waals surface area contributed by atoms with E-state index in [-0.39, 0.29) is 32.0 Å². The first-order valence-electron chi connectivity index (χ1n) is 5.79. The van der Waals surface area contributed by atoms with Crippen LogP contribution >= 0.6 is 23.2 Å². The van der Waals surface area contributed by atoms with Gasteiger partial charge in [-0.25, -0.2) is 13.1 Å². The molecule has 1 atom stereocenters. The third kappa shape index (κ3) is 2.90. The third-order valence-electron chi connectivity index (χ3n) is 3.41. The smallest absolute Gasteiger partial charge is 0.242 e. The van der Waals surface area contributed by atoms with Crippen LogP contribution in [0.5, 0.6) is 0 Å². The Morgan fingerprint density at radius 1 is 1.42 bits per heavy atom. The average molecular weight is 324 g/mol. The molecule has 0 aromatic heterocycles. The number of rotatable bonds is 4. The van der Waals surface area contributed by atoms with Gasteiger partial charge in [0.2, 0.25) is 10.0 Å². The van der Waals surface area contributed by atoms with Gasteiger partial charge in [0.05, 0.1) is 11.6 Å². The number of aliphatic hydroxyl groups excluding tert-OH is 1. The summed E-state index contributed by atoms with van der Waals surface area (Å²) in [4.78, 5) is -0.0506. The first kappa shape index (κ1) is 15.1. The van der Waals surface area contributed by atoms with Gasteiger partial charge in [-0.2, -0.15) is 0 Å². The largest absolute Gasteiger partial charge is 0.392 e. The second-order valence-electron chi connectivity index (χ2n) is 5.36. The third-order valence-corrected chi connectivity index (χ3v) is 5.82. The van der Waals surface area contributed by atoms with Crippen molar-refractivity contribution < 1.29 is 13.5 Å². The van der Waals surface area contributed by atoms with E-state index in [1.807, 2.05) is 13.8 Å². The van der Waals surface area contributed by atoms with Gasteiger partial charge in [-0.3, -0.25) is 0 Å². The Bertz CT molecular complexity index is 614. The second-order valence-corrected chi connectivity index (χ2v) is 7.83. The minimum absolute atomic E-state index is 0.0220. The van der Waals surface area contributed by atoms with Crippen LogP contribution in [-0.4, -0.2) is 19.6 Å². The molecule has 1 aliphatic rings. The molecule has 0 bridgehead atoms. The van der Waals surface area contributed by atoms with Crippen molar-refractivity contribution in [3.63, 3.8) is 0 Å². The SMILES string of the molecule is CC1(C)CC1NS(=O)(=O)c1ccc(Cl)c(CO)c1Cl. The Morgan fingerprint density at radius 2 is 2.00 bits per heavy atom. The van der Waals surface area contributed by atoms with E-state index in [4.69, 9.17) is 23.2 Å². The Kier molecular flexibility index (Phi) is 3.88. The monoisotopic (exact) mass is 323 g/mol. The van der Waals surface area contributed by atoms with Crippen molar-refractivity contribution >= 4 is 33.2 Å². The lowest BCUT2D eigenvalue weighted by atomic mass is 10.2. The highest BCUT2D eigenvalue weighted by molar-refractivity contribution is 7.89. The van der Waals surface area contributed by atoms with Gasteiger partial charge in [0, 0.05) is 16.6 Å². The fraction of sp³-hybridized carbons (Fsp3) is 0.500. The fourth-order valence-electron chi connectivity index (χ4n) is 1.85. The van der Waals surface area contributed by atoms with E-state index >= 15 is 0 Å². The highest BCUT2D eigenvalue weighted by atomic mass is 35.5. The van der Waals surface area contributed by atoms with Gasteiger partial charge >= 0.3 is 0 Å². The zero-order valence-electron chi connectivity index (χ0n) is 10.6. The number of aliphatic hydroxyl groups is 1. The van der Waals surface area contributed by atoms with Gasteiger partial charge < -0.3 is 5.11 Å². The van der Waals surface area contributed by atoms with Gasteiger partial charge in [0.15, 0.2) is 0 Å². The Hall–Kier alpha value is -0.330. The molecule has 1 aromatic carbocycles.